The molecule has 2 aromatic carbocycles. The third kappa shape index (κ3) is 4.58. The van der Waals surface area contributed by atoms with Gasteiger partial charge in [-0.25, -0.2) is 13.2 Å². The lowest BCUT2D eigenvalue weighted by molar-refractivity contribution is 0.0600. The summed E-state index contributed by atoms with van der Waals surface area (Å²) in [4.78, 5) is 15.9. The van der Waals surface area contributed by atoms with Gasteiger partial charge in [-0.2, -0.15) is 0 Å². The van der Waals surface area contributed by atoms with Crippen molar-refractivity contribution in [2.45, 2.75) is 18.4 Å². The van der Waals surface area contributed by atoms with Gasteiger partial charge in [-0.05, 0) is 66.6 Å². The van der Waals surface area contributed by atoms with E-state index in [-0.39, 0.29) is 17.0 Å². The zero-order valence-electron chi connectivity index (χ0n) is 15.9. The van der Waals surface area contributed by atoms with Crippen molar-refractivity contribution in [3.05, 3.63) is 88.7 Å². The van der Waals surface area contributed by atoms with Crippen LogP contribution in [0, 0.1) is 6.92 Å². The number of ether oxygens (including phenoxy) is 1. The Morgan fingerprint density at radius 1 is 1.14 bits per heavy atom. The Morgan fingerprint density at radius 2 is 1.86 bits per heavy atom. The van der Waals surface area contributed by atoms with Crippen LogP contribution in [-0.2, 0) is 21.3 Å². The lowest BCUT2D eigenvalue weighted by Crippen LogP contribution is -2.31. The molecule has 0 saturated heterocycles. The molecule has 1 heterocycles. The summed E-state index contributed by atoms with van der Waals surface area (Å²) in [5.74, 6) is -0.526. The van der Waals surface area contributed by atoms with Gasteiger partial charge in [0.05, 0.1) is 29.8 Å². The second-order valence-corrected chi connectivity index (χ2v) is 8.59. The first-order valence-corrected chi connectivity index (χ1v) is 10.5. The van der Waals surface area contributed by atoms with Gasteiger partial charge in [-0.1, -0.05) is 17.7 Å². The number of carbonyl (C=O) groups is 1. The van der Waals surface area contributed by atoms with Crippen molar-refractivity contribution in [2.75, 3.05) is 11.4 Å². The molecule has 0 bridgehead atoms. The number of halogens is 1. The van der Waals surface area contributed by atoms with E-state index < -0.39 is 16.0 Å². The maximum Gasteiger partial charge on any atom is 0.337 e. The van der Waals surface area contributed by atoms with E-state index in [0.717, 1.165) is 5.56 Å². The first-order chi connectivity index (χ1) is 13.8. The van der Waals surface area contributed by atoms with Gasteiger partial charge < -0.3 is 4.74 Å². The van der Waals surface area contributed by atoms with Crippen molar-refractivity contribution in [2.24, 2.45) is 0 Å². The zero-order chi connectivity index (χ0) is 21.0. The van der Waals surface area contributed by atoms with Gasteiger partial charge in [0.15, 0.2) is 0 Å². The summed E-state index contributed by atoms with van der Waals surface area (Å²) in [5, 5.41) is 0.506. The molecule has 0 atom stereocenters. The molecule has 3 rings (SSSR count). The number of hydrogen-bond donors (Lipinski definition) is 0. The largest absolute Gasteiger partial charge is 0.465 e. The Hall–Kier alpha value is -2.90. The monoisotopic (exact) mass is 430 g/mol. The third-order valence-corrected chi connectivity index (χ3v) is 6.51. The van der Waals surface area contributed by atoms with E-state index in [9.17, 15) is 13.2 Å². The number of nitrogens with zero attached hydrogens (tertiary/aromatic N) is 2. The average Bonchev–Trinajstić information content (AvgIpc) is 2.72. The Morgan fingerprint density at radius 3 is 2.45 bits per heavy atom. The number of carbonyl (C=O) groups excluding carboxylic acids is 1. The second-order valence-electron chi connectivity index (χ2n) is 6.32. The molecule has 8 heteroatoms. The van der Waals surface area contributed by atoms with E-state index in [2.05, 4.69) is 4.98 Å². The van der Waals surface area contributed by atoms with E-state index in [0.29, 0.717) is 16.3 Å². The van der Waals surface area contributed by atoms with Crippen LogP contribution in [0.25, 0.3) is 0 Å². The van der Waals surface area contributed by atoms with E-state index in [1.165, 1.54) is 29.6 Å². The first kappa shape index (κ1) is 20.8. The van der Waals surface area contributed by atoms with E-state index in [1.54, 1.807) is 55.7 Å². The summed E-state index contributed by atoms with van der Waals surface area (Å²) in [6, 6.07) is 14.5. The number of anilines is 1. The number of benzene rings is 2. The molecule has 0 fully saturated rings. The van der Waals surface area contributed by atoms with Crippen molar-refractivity contribution in [1.82, 2.24) is 4.98 Å². The van der Waals surface area contributed by atoms with Crippen LogP contribution >= 0.6 is 11.6 Å². The van der Waals surface area contributed by atoms with Crippen LogP contribution in [0.2, 0.25) is 5.02 Å². The van der Waals surface area contributed by atoms with Gasteiger partial charge >= 0.3 is 5.97 Å². The molecule has 0 spiro atoms. The van der Waals surface area contributed by atoms with Gasteiger partial charge in [0.25, 0.3) is 10.0 Å². The minimum Gasteiger partial charge on any atom is -0.465 e. The molecule has 150 valence electrons. The van der Waals surface area contributed by atoms with E-state index in [1.807, 2.05) is 0 Å². The van der Waals surface area contributed by atoms with Crippen LogP contribution in [0.4, 0.5) is 5.69 Å². The molecular formula is C21H19ClN2O4S. The molecule has 0 N–H and O–H groups in total. The molecule has 0 aliphatic rings. The number of rotatable bonds is 6. The predicted molar refractivity (Wildman–Crippen MR) is 112 cm³/mol. The molecule has 3 aromatic rings. The minimum absolute atomic E-state index is 0.0933. The standard InChI is InChI=1S/C21H19ClN2O4S/c1-15-12-17(21(25)28-2)5-10-20(15)29(26,27)24(14-16-4-3-11-23-13-16)19-8-6-18(22)7-9-19/h3-13H,14H2,1-2H3. The van der Waals surface area contributed by atoms with E-state index in [4.69, 9.17) is 16.3 Å². The molecule has 29 heavy (non-hydrogen) atoms. The van der Waals surface area contributed by atoms with Crippen LogP contribution in [-0.4, -0.2) is 26.5 Å². The van der Waals surface area contributed by atoms with Crippen LogP contribution in [0.5, 0.6) is 0 Å². The van der Waals surface area contributed by atoms with Crippen molar-refractivity contribution < 1.29 is 17.9 Å². The van der Waals surface area contributed by atoms with Crippen molar-refractivity contribution in [3.63, 3.8) is 0 Å². The Kier molecular flexibility index (Phi) is 6.20. The number of esters is 1. The fourth-order valence-electron chi connectivity index (χ4n) is 2.88. The summed E-state index contributed by atoms with van der Waals surface area (Å²) in [5.41, 5.74) is 1.93. The number of hydrogen-bond acceptors (Lipinski definition) is 5. The number of pyridine rings is 1. The molecule has 0 saturated carbocycles. The minimum atomic E-state index is -3.93. The quantitative estimate of drug-likeness (QED) is 0.547. The topological polar surface area (TPSA) is 76.6 Å². The maximum absolute atomic E-state index is 13.5. The van der Waals surface area contributed by atoms with Crippen molar-refractivity contribution in [1.29, 1.82) is 0 Å². The summed E-state index contributed by atoms with van der Waals surface area (Å²) in [7, 11) is -2.66. The molecule has 0 amide bonds. The highest BCUT2D eigenvalue weighted by atomic mass is 35.5. The summed E-state index contributed by atoms with van der Waals surface area (Å²) in [6.07, 6.45) is 3.24. The van der Waals surface area contributed by atoms with Crippen molar-refractivity contribution >= 4 is 33.3 Å². The van der Waals surface area contributed by atoms with Crippen LogP contribution < -0.4 is 4.31 Å². The fraction of sp³-hybridized carbons (Fsp3) is 0.143. The summed E-state index contributed by atoms with van der Waals surface area (Å²) in [6.45, 7) is 1.74. The molecule has 6 nitrogen and oxygen atoms in total. The lowest BCUT2D eigenvalue weighted by Gasteiger charge is -2.25. The second kappa shape index (κ2) is 8.63. The molecule has 0 aliphatic heterocycles. The number of aromatic nitrogens is 1. The maximum atomic E-state index is 13.5. The van der Waals surface area contributed by atoms with Gasteiger partial charge in [0, 0.05) is 17.4 Å². The van der Waals surface area contributed by atoms with E-state index >= 15 is 0 Å². The number of methoxy groups -OCH3 is 1. The van der Waals surface area contributed by atoms with Crippen molar-refractivity contribution in [3.8, 4) is 0 Å². The highest BCUT2D eigenvalue weighted by Gasteiger charge is 2.27. The molecular weight excluding hydrogens is 412 g/mol. The van der Waals surface area contributed by atoms with Gasteiger partial charge in [0.1, 0.15) is 0 Å². The smallest absolute Gasteiger partial charge is 0.337 e. The third-order valence-electron chi connectivity index (χ3n) is 4.33. The number of aryl methyl sites for hydroxylation is 1. The van der Waals surface area contributed by atoms with Gasteiger partial charge in [0.2, 0.25) is 0 Å². The molecule has 0 unspecified atom stereocenters. The summed E-state index contributed by atoms with van der Waals surface area (Å²) >= 11 is 5.97. The SMILES string of the molecule is COC(=O)c1ccc(S(=O)(=O)N(Cc2cccnc2)c2ccc(Cl)cc2)c(C)c1. The zero-order valence-corrected chi connectivity index (χ0v) is 17.4. The Bertz CT molecular complexity index is 1120. The highest BCUT2D eigenvalue weighted by Crippen LogP contribution is 2.29. The molecule has 0 radical (unpaired) electrons. The molecule has 0 aliphatic carbocycles. The first-order valence-electron chi connectivity index (χ1n) is 8.69. The predicted octanol–water partition coefficient (Wildman–Crippen LogP) is 4.23. The van der Waals surface area contributed by atoms with Gasteiger partial charge in [-0.3, -0.25) is 9.29 Å². The van der Waals surface area contributed by atoms with Crippen LogP contribution in [0.1, 0.15) is 21.5 Å². The van der Waals surface area contributed by atoms with Gasteiger partial charge in [-0.15, -0.1) is 0 Å². The number of sulfonamides is 1. The molecule has 1 aromatic heterocycles. The average molecular weight is 431 g/mol. The van der Waals surface area contributed by atoms with Crippen LogP contribution in [0.3, 0.4) is 0 Å². The Balaban J connectivity index is 2.08. The fourth-order valence-corrected chi connectivity index (χ4v) is 4.67. The Labute approximate surface area is 174 Å². The highest BCUT2D eigenvalue weighted by molar-refractivity contribution is 7.92. The lowest BCUT2D eigenvalue weighted by atomic mass is 10.1. The normalized spacial score (nSPS) is 11.1. The van der Waals surface area contributed by atoms with Crippen LogP contribution in [0.15, 0.2) is 71.9 Å². The summed E-state index contributed by atoms with van der Waals surface area (Å²) < 4.78 is 33.1.